The average molecular weight is 610 g/mol. The van der Waals surface area contributed by atoms with E-state index >= 15 is 0 Å². The van der Waals surface area contributed by atoms with Gasteiger partial charge in [0.1, 0.15) is 18.2 Å². The van der Waals surface area contributed by atoms with Crippen molar-refractivity contribution in [2.45, 2.75) is 44.5 Å². The first-order chi connectivity index (χ1) is 21.0. The topological polar surface area (TPSA) is 157 Å². The number of halogens is 3. The van der Waals surface area contributed by atoms with Crippen molar-refractivity contribution >= 4 is 17.7 Å². The largest absolute Gasteiger partial charge is 0.480 e. The van der Waals surface area contributed by atoms with Gasteiger partial charge in [-0.15, -0.1) is 0 Å². The van der Waals surface area contributed by atoms with Crippen LogP contribution in [0, 0.1) is 12.3 Å². The molecule has 0 aliphatic carbocycles. The number of hydrogen-bond acceptors (Lipinski definition) is 10. The van der Waals surface area contributed by atoms with Gasteiger partial charge in [-0.2, -0.15) is 28.2 Å². The Kier molecular flexibility index (Phi) is 7.57. The number of carbonyl (C=O) groups is 1. The van der Waals surface area contributed by atoms with Crippen LogP contribution in [0.25, 0.3) is 16.8 Å². The predicted octanol–water partition coefficient (Wildman–Crippen LogP) is 3.73. The molecule has 2 aliphatic heterocycles. The molecule has 0 saturated carbocycles. The molecule has 2 fully saturated rings. The van der Waals surface area contributed by atoms with Crippen molar-refractivity contribution in [2.75, 3.05) is 30.3 Å². The molecule has 5 heterocycles. The van der Waals surface area contributed by atoms with Crippen molar-refractivity contribution in [1.82, 2.24) is 35.0 Å². The van der Waals surface area contributed by atoms with E-state index in [0.29, 0.717) is 61.5 Å². The lowest BCUT2D eigenvalue weighted by Crippen LogP contribution is -2.41. The molecule has 1 aromatic carbocycles. The molecule has 0 bridgehead atoms. The van der Waals surface area contributed by atoms with E-state index in [1.165, 1.54) is 23.1 Å². The summed E-state index contributed by atoms with van der Waals surface area (Å²) < 4.78 is 51.1. The van der Waals surface area contributed by atoms with Gasteiger partial charge in [-0.05, 0) is 49.3 Å². The summed E-state index contributed by atoms with van der Waals surface area (Å²) in [5.41, 5.74) is 7.63. The number of nitrogen functional groups attached to an aromatic ring is 1. The van der Waals surface area contributed by atoms with Crippen LogP contribution in [-0.4, -0.2) is 72.6 Å². The molecular weight excluding hydrogens is 579 g/mol. The van der Waals surface area contributed by atoms with Crippen LogP contribution in [0.15, 0.2) is 55.2 Å². The lowest BCUT2D eigenvalue weighted by atomic mass is 9.76. The molecule has 6 rings (SSSR count). The van der Waals surface area contributed by atoms with Crippen LogP contribution in [0.4, 0.5) is 24.9 Å². The van der Waals surface area contributed by atoms with Gasteiger partial charge >= 0.3 is 12.1 Å². The Morgan fingerprint density at radius 3 is 2.52 bits per heavy atom. The lowest BCUT2D eigenvalue weighted by Gasteiger charge is -2.39. The van der Waals surface area contributed by atoms with Gasteiger partial charge in [0.25, 0.3) is 0 Å². The van der Waals surface area contributed by atoms with Crippen LogP contribution in [0.2, 0.25) is 0 Å². The summed E-state index contributed by atoms with van der Waals surface area (Å²) in [6.45, 7) is 3.39. The van der Waals surface area contributed by atoms with Crippen LogP contribution in [0.3, 0.4) is 0 Å². The number of nitrogens with zero attached hydrogens (tertiary/aromatic N) is 7. The van der Waals surface area contributed by atoms with Gasteiger partial charge < -0.3 is 25.8 Å². The maximum Gasteiger partial charge on any atom is 0.429 e. The smallest absolute Gasteiger partial charge is 0.429 e. The molecule has 230 valence electrons. The van der Waals surface area contributed by atoms with E-state index < -0.39 is 24.3 Å². The van der Waals surface area contributed by atoms with Crippen molar-refractivity contribution in [2.24, 2.45) is 5.41 Å². The highest BCUT2D eigenvalue weighted by atomic mass is 19.4. The summed E-state index contributed by atoms with van der Waals surface area (Å²) in [7, 11) is 0. The van der Waals surface area contributed by atoms with E-state index in [4.69, 9.17) is 10.5 Å². The SMILES string of the molecule is Cc1ccn(-c2cc(-c3cncnc3)ccc2C(Oc2cc(N3CCC4(CC3)CNC(C(=O)O)C4)nc(N)n2)C(F)(F)F)n1. The molecule has 12 nitrogen and oxygen atoms in total. The molecule has 3 aromatic heterocycles. The Balaban J connectivity index is 1.30. The first-order valence-corrected chi connectivity index (χ1v) is 14.0. The number of nitrogens with two attached hydrogens (primary N) is 1. The zero-order chi connectivity index (χ0) is 31.1. The maximum atomic E-state index is 14.7. The molecule has 2 unspecified atom stereocenters. The minimum atomic E-state index is -4.83. The second kappa shape index (κ2) is 11.4. The molecule has 2 atom stereocenters. The van der Waals surface area contributed by atoms with Crippen molar-refractivity contribution in [3.8, 4) is 22.7 Å². The number of alkyl halides is 3. The molecule has 44 heavy (non-hydrogen) atoms. The van der Waals surface area contributed by atoms with Crippen LogP contribution in [0.1, 0.15) is 36.6 Å². The molecule has 2 aliphatic rings. The minimum Gasteiger partial charge on any atom is -0.480 e. The van der Waals surface area contributed by atoms with Gasteiger partial charge in [0.2, 0.25) is 17.9 Å². The first kappa shape index (κ1) is 29.3. The number of benzene rings is 1. The molecule has 1 spiro atoms. The first-order valence-electron chi connectivity index (χ1n) is 14.0. The number of carboxylic acid groups (broad SMARTS) is 1. The average Bonchev–Trinajstić information content (AvgIpc) is 3.62. The predicted molar refractivity (Wildman–Crippen MR) is 153 cm³/mol. The van der Waals surface area contributed by atoms with Crippen molar-refractivity contribution in [1.29, 1.82) is 0 Å². The molecule has 0 radical (unpaired) electrons. The summed E-state index contributed by atoms with van der Waals surface area (Å²) in [5.74, 6) is -1.09. The number of hydrogen-bond donors (Lipinski definition) is 3. The van der Waals surface area contributed by atoms with Crippen molar-refractivity contribution < 1.29 is 27.8 Å². The Morgan fingerprint density at radius 2 is 1.89 bits per heavy atom. The van der Waals surface area contributed by atoms with E-state index in [0.717, 1.165) is 0 Å². The van der Waals surface area contributed by atoms with E-state index in [-0.39, 0.29) is 28.5 Å². The van der Waals surface area contributed by atoms with E-state index in [1.807, 2.05) is 4.90 Å². The number of aromatic nitrogens is 6. The van der Waals surface area contributed by atoms with Crippen LogP contribution >= 0.6 is 0 Å². The Hall–Kier alpha value is -4.79. The number of aliphatic carboxylic acids is 1. The van der Waals surface area contributed by atoms with E-state index in [9.17, 15) is 23.1 Å². The maximum absolute atomic E-state index is 14.7. The minimum absolute atomic E-state index is 0.155. The van der Waals surface area contributed by atoms with E-state index in [2.05, 4.69) is 30.4 Å². The number of anilines is 2. The van der Waals surface area contributed by atoms with Gasteiger partial charge in [-0.3, -0.25) is 4.79 Å². The van der Waals surface area contributed by atoms with Crippen molar-refractivity contribution in [3.05, 3.63) is 66.5 Å². The molecule has 4 N–H and O–H groups in total. The molecule has 4 aromatic rings. The van der Waals surface area contributed by atoms with Gasteiger partial charge in [-0.1, -0.05) is 12.1 Å². The molecule has 0 amide bonds. The Labute approximate surface area is 250 Å². The molecular formula is C29H30F3N9O3. The zero-order valence-corrected chi connectivity index (χ0v) is 23.7. The third-order valence-corrected chi connectivity index (χ3v) is 8.23. The van der Waals surface area contributed by atoms with Gasteiger partial charge in [-0.25, -0.2) is 14.6 Å². The fourth-order valence-electron chi connectivity index (χ4n) is 5.90. The highest BCUT2D eigenvalue weighted by Gasteiger charge is 2.46. The normalized spacial score (nSPS) is 18.8. The fraction of sp³-hybridized carbons (Fsp3) is 0.379. The van der Waals surface area contributed by atoms with Crippen LogP contribution in [-0.2, 0) is 4.79 Å². The molecule has 2 saturated heterocycles. The summed E-state index contributed by atoms with van der Waals surface area (Å²) in [5, 5.41) is 16.8. The summed E-state index contributed by atoms with van der Waals surface area (Å²) in [4.78, 5) is 29.6. The number of aryl methyl sites for hydroxylation is 1. The third kappa shape index (κ3) is 6.00. The number of rotatable bonds is 7. The summed E-state index contributed by atoms with van der Waals surface area (Å²) in [6.07, 6.45) is 0.759. The standard InChI is InChI=1S/C29H30F3N9O3/c1-17-4-7-41(39-17)22-10-18(19-13-34-16-35-14-19)2-3-20(22)25(29(30,31)32)44-24-11-23(37-27(33)38-24)40-8-5-28(6-9-40)12-21(26(42)43)36-15-28/h2-4,7,10-11,13-14,16,21,25,36H,5-6,8-9,12,15H2,1H3,(H,42,43)(H2,33,37,38). The van der Waals surface area contributed by atoms with Gasteiger partial charge in [0.05, 0.1) is 11.4 Å². The number of carboxylic acids is 1. The summed E-state index contributed by atoms with van der Waals surface area (Å²) in [6, 6.07) is 6.94. The highest BCUT2D eigenvalue weighted by Crippen LogP contribution is 2.42. The van der Waals surface area contributed by atoms with Crippen LogP contribution in [0.5, 0.6) is 5.88 Å². The number of ether oxygens (including phenoxy) is 1. The number of nitrogens with one attached hydrogen (secondary N) is 1. The zero-order valence-electron chi connectivity index (χ0n) is 23.7. The highest BCUT2D eigenvalue weighted by molar-refractivity contribution is 5.74. The third-order valence-electron chi connectivity index (χ3n) is 8.23. The van der Waals surface area contributed by atoms with Gasteiger partial charge in [0.15, 0.2) is 0 Å². The molecule has 15 heteroatoms. The van der Waals surface area contributed by atoms with E-state index in [1.54, 1.807) is 43.7 Å². The Morgan fingerprint density at radius 1 is 1.14 bits per heavy atom. The fourth-order valence-corrected chi connectivity index (χ4v) is 5.90. The number of piperidine rings is 1. The van der Waals surface area contributed by atoms with Crippen LogP contribution < -0.4 is 20.7 Å². The van der Waals surface area contributed by atoms with Crippen molar-refractivity contribution in [3.63, 3.8) is 0 Å². The second-order valence-corrected chi connectivity index (χ2v) is 11.2. The quantitative estimate of drug-likeness (QED) is 0.281. The second-order valence-electron chi connectivity index (χ2n) is 11.2. The van der Waals surface area contributed by atoms with Gasteiger partial charge in [0, 0.05) is 55.4 Å². The summed E-state index contributed by atoms with van der Waals surface area (Å²) >= 11 is 0. The lowest BCUT2D eigenvalue weighted by molar-refractivity contribution is -0.198. The monoisotopic (exact) mass is 609 g/mol. The Bertz CT molecular complexity index is 1660.